The number of carbonyl (C=O) groups excluding carboxylic acids is 2. The van der Waals surface area contributed by atoms with E-state index >= 15 is 0 Å². The topological polar surface area (TPSA) is 115 Å². The predicted molar refractivity (Wildman–Crippen MR) is 198 cm³/mol. The lowest BCUT2D eigenvalue weighted by Gasteiger charge is -2.46. The zero-order valence-corrected chi connectivity index (χ0v) is 31.2. The summed E-state index contributed by atoms with van der Waals surface area (Å²) in [6, 6.07) is 11.7. The summed E-state index contributed by atoms with van der Waals surface area (Å²) in [5.74, 6) is 1.18. The number of allylic oxidation sites excluding steroid dienone is 1. The van der Waals surface area contributed by atoms with Gasteiger partial charge in [0.2, 0.25) is 0 Å². The highest BCUT2D eigenvalue weighted by Crippen LogP contribution is 2.61. The van der Waals surface area contributed by atoms with E-state index in [4.69, 9.17) is 21.1 Å². The third-order valence-corrected chi connectivity index (χ3v) is 14.9. The monoisotopic (exact) mass is 731 g/mol. The van der Waals surface area contributed by atoms with E-state index in [1.54, 1.807) is 33.3 Å². The number of rotatable bonds is 3. The molecular weight excluding hydrogens is 686 g/mol. The SMILES string of the molecule is CO[C@H]1/C=C/C[C@H](C)[C@@H](C)S(=O)(NC(=O)c2cnn(C)c2)=NC(=O)c2ccc3c(c2)N(C[C@@H]2CC[C@H]21)C[C@]1(CO3)C[C@@H]2C[C@@H]2c2cc(Cl)ccc21. The first-order chi connectivity index (χ1) is 24.5. The number of hydrogen-bond acceptors (Lipinski definition) is 7. The molecule has 2 aliphatic heterocycles. The molecule has 3 heterocycles. The maximum Gasteiger partial charge on any atom is 0.286 e. The number of carbonyl (C=O) groups is 2. The van der Waals surface area contributed by atoms with Gasteiger partial charge in [-0.2, -0.15) is 5.10 Å². The molecule has 2 bridgehead atoms. The number of hydrogen-bond donors (Lipinski definition) is 1. The van der Waals surface area contributed by atoms with E-state index < -0.39 is 27.0 Å². The minimum Gasteiger partial charge on any atom is -0.490 e. The van der Waals surface area contributed by atoms with Crippen LogP contribution in [0, 0.1) is 23.7 Å². The Kier molecular flexibility index (Phi) is 8.82. The van der Waals surface area contributed by atoms with Crippen molar-refractivity contribution in [1.82, 2.24) is 14.5 Å². The van der Waals surface area contributed by atoms with Gasteiger partial charge in [-0.1, -0.05) is 36.7 Å². The van der Waals surface area contributed by atoms with E-state index in [-0.39, 0.29) is 23.0 Å². The lowest BCUT2D eigenvalue weighted by Crippen LogP contribution is -2.49. The van der Waals surface area contributed by atoms with Crippen molar-refractivity contribution in [2.45, 2.75) is 68.6 Å². The number of nitrogens with one attached hydrogen (secondary N) is 1. The molecule has 8 rings (SSSR count). The highest BCUT2D eigenvalue weighted by atomic mass is 35.5. The Balaban J connectivity index is 1.22. The van der Waals surface area contributed by atoms with Gasteiger partial charge in [-0.3, -0.25) is 19.0 Å². The summed E-state index contributed by atoms with van der Waals surface area (Å²) in [6.45, 7) is 5.79. The van der Waals surface area contributed by atoms with Crippen molar-refractivity contribution in [2.24, 2.45) is 35.1 Å². The zero-order chi connectivity index (χ0) is 35.7. The number of aromatic nitrogens is 2. The third-order valence-electron chi connectivity index (χ3n) is 12.3. The summed E-state index contributed by atoms with van der Waals surface area (Å²) < 4.78 is 36.1. The van der Waals surface area contributed by atoms with Crippen LogP contribution in [0.5, 0.6) is 5.75 Å². The fourth-order valence-electron chi connectivity index (χ4n) is 8.94. The Morgan fingerprint density at radius 2 is 2.00 bits per heavy atom. The molecule has 3 aromatic rings. The summed E-state index contributed by atoms with van der Waals surface area (Å²) >= 11 is 6.54. The fourth-order valence-corrected chi connectivity index (χ4v) is 11.0. The number of ether oxygens (including phenoxy) is 2. The average Bonchev–Trinajstić information content (AvgIpc) is 3.78. The molecule has 270 valence electrons. The number of amides is 2. The van der Waals surface area contributed by atoms with Gasteiger partial charge in [0.25, 0.3) is 11.8 Å². The van der Waals surface area contributed by atoms with Crippen molar-refractivity contribution in [3.8, 4) is 5.75 Å². The van der Waals surface area contributed by atoms with E-state index in [9.17, 15) is 13.8 Å². The van der Waals surface area contributed by atoms with Crippen molar-refractivity contribution >= 4 is 39.0 Å². The smallest absolute Gasteiger partial charge is 0.286 e. The van der Waals surface area contributed by atoms with E-state index in [1.165, 1.54) is 28.4 Å². The van der Waals surface area contributed by atoms with Crippen LogP contribution in [0.3, 0.4) is 0 Å². The Hall–Kier alpha value is -3.67. The Labute approximate surface area is 305 Å². The molecule has 51 heavy (non-hydrogen) atoms. The summed E-state index contributed by atoms with van der Waals surface area (Å²) in [7, 11) is -0.123. The van der Waals surface area contributed by atoms with Gasteiger partial charge in [0, 0.05) is 49.4 Å². The predicted octanol–water partition coefficient (Wildman–Crippen LogP) is 6.70. The molecule has 2 amide bonds. The number of methoxy groups -OCH3 is 1. The lowest BCUT2D eigenvalue weighted by molar-refractivity contribution is 0.0131. The largest absolute Gasteiger partial charge is 0.490 e. The molecule has 12 heteroatoms. The quantitative estimate of drug-likeness (QED) is 0.299. The first kappa shape index (κ1) is 34.4. The average molecular weight is 732 g/mol. The van der Waals surface area contributed by atoms with Crippen LogP contribution in [0.1, 0.15) is 83.7 Å². The van der Waals surface area contributed by atoms with E-state index in [1.807, 2.05) is 25.1 Å². The summed E-state index contributed by atoms with van der Waals surface area (Å²) in [6.07, 6.45) is 12.1. The first-order valence-electron chi connectivity index (χ1n) is 18.1. The number of fused-ring (bicyclic) bond motifs is 6. The summed E-state index contributed by atoms with van der Waals surface area (Å²) in [5.41, 5.74) is 3.77. The zero-order valence-electron chi connectivity index (χ0n) is 29.6. The molecule has 5 aliphatic rings. The van der Waals surface area contributed by atoms with Crippen LogP contribution in [0.4, 0.5) is 5.69 Å². The molecule has 2 aromatic carbocycles. The molecule has 0 radical (unpaired) electrons. The van der Waals surface area contributed by atoms with Crippen LogP contribution >= 0.6 is 11.6 Å². The van der Waals surface area contributed by atoms with Crippen molar-refractivity contribution in [3.05, 3.63) is 88.2 Å². The van der Waals surface area contributed by atoms with Crippen molar-refractivity contribution in [3.63, 3.8) is 0 Å². The van der Waals surface area contributed by atoms with Crippen LogP contribution in [-0.4, -0.2) is 64.0 Å². The third kappa shape index (κ3) is 6.29. The standard InChI is InChI=1S/C39H46ClN5O5S/c1-23-6-5-7-35(49-4)30-11-8-26(30)20-45-21-39(17-27-14-31(27)32-16-29(40)10-12-33(32)39)22-50-36-13-9-25(15-34(36)45)37(46)42-51(48,24(23)2)43-38(47)28-18-41-44(3)19-28/h5,7,9-10,12-13,15-16,18-19,23-24,26-27,30-31,35H,6,8,11,14,17,20-22H2,1-4H3,(H,42,43,46,47,48)/b7-5+/t23-,24+,26-,27-,30+,31-,35-,39-,51?/m0/s1. The number of halogens is 1. The summed E-state index contributed by atoms with van der Waals surface area (Å²) in [4.78, 5) is 29.9. The molecule has 1 aromatic heterocycles. The minimum absolute atomic E-state index is 0.0622. The van der Waals surface area contributed by atoms with E-state index in [2.05, 4.69) is 43.4 Å². The molecular formula is C39H46ClN5O5S. The summed E-state index contributed by atoms with van der Waals surface area (Å²) in [5, 5.41) is 4.20. The highest BCUT2D eigenvalue weighted by Gasteiger charge is 2.54. The van der Waals surface area contributed by atoms with Crippen molar-refractivity contribution < 1.29 is 23.3 Å². The molecule has 3 aliphatic carbocycles. The molecule has 10 nitrogen and oxygen atoms in total. The normalized spacial score (nSPS) is 34.8. The molecule has 2 saturated carbocycles. The van der Waals surface area contributed by atoms with Crippen LogP contribution in [0.2, 0.25) is 5.02 Å². The van der Waals surface area contributed by atoms with Gasteiger partial charge in [0.05, 0.1) is 35.4 Å². The molecule has 2 fully saturated rings. The Morgan fingerprint density at radius 1 is 1.16 bits per heavy atom. The Morgan fingerprint density at radius 3 is 2.75 bits per heavy atom. The Bertz CT molecular complexity index is 2040. The first-order valence-corrected chi connectivity index (χ1v) is 20.0. The molecule has 9 atom stereocenters. The molecule has 1 spiro atoms. The second-order valence-corrected chi connectivity index (χ2v) is 18.2. The molecule has 1 unspecified atom stereocenters. The van der Waals surface area contributed by atoms with Crippen molar-refractivity contribution in [2.75, 3.05) is 31.7 Å². The second kappa shape index (κ2) is 13.1. The van der Waals surface area contributed by atoms with Crippen LogP contribution < -0.4 is 14.4 Å². The molecule has 1 N–H and O–H groups in total. The highest BCUT2D eigenvalue weighted by molar-refractivity contribution is 7.93. The number of aryl methyl sites for hydroxylation is 1. The number of benzene rings is 2. The minimum atomic E-state index is -3.59. The van der Waals surface area contributed by atoms with Gasteiger partial charge in [-0.15, -0.1) is 4.36 Å². The van der Waals surface area contributed by atoms with Crippen molar-refractivity contribution in [1.29, 1.82) is 0 Å². The van der Waals surface area contributed by atoms with Crippen LogP contribution in [0.15, 0.2) is 65.3 Å². The maximum absolute atomic E-state index is 14.8. The number of anilines is 1. The molecule has 0 saturated heterocycles. The lowest BCUT2D eigenvalue weighted by atomic mass is 9.68. The maximum atomic E-state index is 14.8. The van der Waals surface area contributed by atoms with Gasteiger partial charge in [0.1, 0.15) is 15.7 Å². The number of nitrogens with zero attached hydrogens (tertiary/aromatic N) is 4. The van der Waals surface area contributed by atoms with Gasteiger partial charge in [-0.25, -0.2) is 4.21 Å². The van der Waals surface area contributed by atoms with Gasteiger partial charge in [0.15, 0.2) is 0 Å². The fraction of sp³-hybridized carbons (Fsp3) is 0.513. The van der Waals surface area contributed by atoms with Gasteiger partial charge < -0.3 is 14.4 Å². The van der Waals surface area contributed by atoms with Gasteiger partial charge in [-0.05, 0) is 110 Å². The second-order valence-electron chi connectivity index (χ2n) is 15.5. The van der Waals surface area contributed by atoms with E-state index in [0.29, 0.717) is 48.0 Å². The van der Waals surface area contributed by atoms with E-state index in [0.717, 1.165) is 43.1 Å². The van der Waals surface area contributed by atoms with Gasteiger partial charge >= 0.3 is 0 Å². The van der Waals surface area contributed by atoms with Crippen LogP contribution in [-0.2, 0) is 27.1 Å². The van der Waals surface area contributed by atoms with Crippen LogP contribution in [0.25, 0.3) is 0 Å².